The van der Waals surface area contributed by atoms with Crippen molar-refractivity contribution in [2.24, 2.45) is 0 Å². The van der Waals surface area contributed by atoms with Crippen LogP contribution in [0.2, 0.25) is 5.02 Å². The summed E-state index contributed by atoms with van der Waals surface area (Å²) in [6.07, 6.45) is 1.79. The van der Waals surface area contributed by atoms with E-state index >= 15 is 0 Å². The molecule has 3 nitrogen and oxygen atoms in total. The average molecular weight is 329 g/mol. The van der Waals surface area contributed by atoms with E-state index in [2.05, 4.69) is 56.1 Å². The number of imidazole rings is 1. The molecule has 15 heavy (non-hydrogen) atoms. The number of aromatic nitrogens is 3. The Morgan fingerprint density at radius 1 is 1.40 bits per heavy atom. The summed E-state index contributed by atoms with van der Waals surface area (Å²) in [5, 5.41) is 0.627. The molecule has 0 amide bonds. The van der Waals surface area contributed by atoms with Gasteiger partial charge in [-0.25, -0.2) is 9.97 Å². The summed E-state index contributed by atoms with van der Waals surface area (Å²) >= 11 is 8.26. The Balaban J connectivity index is 2.80. The highest BCUT2D eigenvalue weighted by Gasteiger charge is 2.18. The molecule has 0 fully saturated rings. The largest absolute Gasteiger partial charge is 0.333 e. The van der Waals surface area contributed by atoms with Crippen molar-refractivity contribution in [1.82, 2.24) is 14.5 Å². The number of rotatable bonds is 1. The van der Waals surface area contributed by atoms with Crippen molar-refractivity contribution in [3.63, 3.8) is 0 Å². The molecule has 0 radical (unpaired) electrons. The van der Waals surface area contributed by atoms with Gasteiger partial charge in [0.2, 0.25) is 0 Å². The van der Waals surface area contributed by atoms with Crippen LogP contribution in [0.15, 0.2) is 12.4 Å². The highest BCUT2D eigenvalue weighted by atomic mass is 127. The van der Waals surface area contributed by atoms with E-state index in [0.29, 0.717) is 5.02 Å². The fraction of sp³-hybridized carbons (Fsp3) is 0.143. The third kappa shape index (κ3) is 2.04. The van der Waals surface area contributed by atoms with Gasteiger partial charge in [0.25, 0.3) is 0 Å². The molecule has 74 valence electrons. The predicted molar refractivity (Wildman–Crippen MR) is 78.9 cm³/mol. The number of nitrogens with zero attached hydrogens (tertiary/aromatic N) is 3. The van der Waals surface area contributed by atoms with Gasteiger partial charge in [0.15, 0.2) is 5.65 Å². The summed E-state index contributed by atoms with van der Waals surface area (Å²) < 4.78 is 2.92. The van der Waals surface area contributed by atoms with Crippen LogP contribution in [0.4, 0.5) is 0 Å². The van der Waals surface area contributed by atoms with Crippen LogP contribution in [-0.4, -0.2) is 38.1 Å². The van der Waals surface area contributed by atoms with Crippen LogP contribution in [-0.2, 0) is 5.24 Å². The molecule has 0 unspecified atom stereocenters. The SMILES string of the molecule is BC(B)(B)n1cnc2c(Cl)cc(I)nc21. The second-order valence-electron chi connectivity index (χ2n) is 4.38. The Morgan fingerprint density at radius 3 is 2.67 bits per heavy atom. The van der Waals surface area contributed by atoms with E-state index in [9.17, 15) is 0 Å². The molecule has 2 aromatic rings. The number of hydrogen-bond donors (Lipinski definition) is 0. The van der Waals surface area contributed by atoms with Gasteiger partial charge in [0.05, 0.1) is 11.3 Å². The Bertz CT molecular complexity index is 522. The number of halogens is 2. The van der Waals surface area contributed by atoms with Gasteiger partial charge >= 0.3 is 0 Å². The minimum absolute atomic E-state index is 0.0322. The number of pyridine rings is 1. The van der Waals surface area contributed by atoms with Crippen LogP contribution in [0.5, 0.6) is 0 Å². The third-order valence-corrected chi connectivity index (χ3v) is 2.99. The van der Waals surface area contributed by atoms with Gasteiger partial charge < -0.3 is 4.57 Å². The molecule has 0 bridgehead atoms. The van der Waals surface area contributed by atoms with Crippen LogP contribution in [0.1, 0.15) is 0 Å². The van der Waals surface area contributed by atoms with Gasteiger partial charge in [0, 0.05) is 0 Å². The standard InChI is InChI=1S/C7H8B3ClIN3/c8-7(9,10)15-2-13-5-3(11)1-4(12)14-6(5)15/h1-2H,8-10H2. The van der Waals surface area contributed by atoms with Crippen molar-refractivity contribution in [2.75, 3.05) is 0 Å². The van der Waals surface area contributed by atoms with Crippen LogP contribution < -0.4 is 0 Å². The zero-order chi connectivity index (χ0) is 11.2. The van der Waals surface area contributed by atoms with E-state index in [0.717, 1.165) is 14.9 Å². The van der Waals surface area contributed by atoms with Crippen LogP contribution in [0.25, 0.3) is 11.2 Å². The fourth-order valence-electron chi connectivity index (χ4n) is 1.41. The van der Waals surface area contributed by atoms with Crippen molar-refractivity contribution >= 4 is 68.9 Å². The summed E-state index contributed by atoms with van der Waals surface area (Å²) in [6.45, 7) is 0. The smallest absolute Gasteiger partial charge is 0.161 e. The molecule has 2 rings (SSSR count). The van der Waals surface area contributed by atoms with E-state index in [1.165, 1.54) is 0 Å². The molecule has 2 heterocycles. The highest BCUT2D eigenvalue weighted by Crippen LogP contribution is 2.24. The average Bonchev–Trinajstić information content (AvgIpc) is 2.45. The summed E-state index contributed by atoms with van der Waals surface area (Å²) in [5.74, 6) is 0. The Hall–Kier alpha value is -0.165. The van der Waals surface area contributed by atoms with Gasteiger partial charge in [0.1, 0.15) is 32.8 Å². The zero-order valence-corrected chi connectivity index (χ0v) is 11.7. The maximum atomic E-state index is 6.11. The molecule has 0 aliphatic heterocycles. The van der Waals surface area contributed by atoms with Crippen molar-refractivity contribution in [2.45, 2.75) is 5.24 Å². The van der Waals surface area contributed by atoms with Crippen LogP contribution in [0, 0.1) is 3.70 Å². The van der Waals surface area contributed by atoms with Crippen LogP contribution in [0.3, 0.4) is 0 Å². The molecular formula is C7H8B3ClIN3. The molecule has 2 aromatic heterocycles. The Labute approximate surface area is 109 Å². The summed E-state index contributed by atoms with van der Waals surface area (Å²) in [5.41, 5.74) is 1.62. The minimum atomic E-state index is -0.0322. The van der Waals surface area contributed by atoms with Crippen molar-refractivity contribution < 1.29 is 0 Å². The van der Waals surface area contributed by atoms with Gasteiger partial charge in [-0.2, -0.15) is 0 Å². The van der Waals surface area contributed by atoms with Gasteiger partial charge in [-0.05, 0) is 33.9 Å². The third-order valence-electron chi connectivity index (χ3n) is 2.15. The molecule has 0 aliphatic carbocycles. The second kappa shape index (κ2) is 3.70. The predicted octanol–water partition coefficient (Wildman–Crippen LogP) is -0.844. The van der Waals surface area contributed by atoms with E-state index in [1.54, 1.807) is 6.33 Å². The molecule has 0 saturated heterocycles. The van der Waals surface area contributed by atoms with Gasteiger partial charge in [-0.3, -0.25) is 0 Å². The van der Waals surface area contributed by atoms with E-state index < -0.39 is 0 Å². The lowest BCUT2D eigenvalue weighted by Gasteiger charge is -2.21. The normalized spacial score (nSPS) is 12.1. The van der Waals surface area contributed by atoms with Crippen molar-refractivity contribution in [1.29, 1.82) is 0 Å². The summed E-state index contributed by atoms with van der Waals surface area (Å²) in [7, 11) is 6.34. The number of hydrogen-bond acceptors (Lipinski definition) is 2. The fourth-order valence-corrected chi connectivity index (χ4v) is 2.38. The lowest BCUT2D eigenvalue weighted by molar-refractivity contribution is 0.799. The minimum Gasteiger partial charge on any atom is -0.333 e. The molecule has 0 aliphatic rings. The molecule has 0 atom stereocenters. The first-order chi connectivity index (χ1) is 6.89. The molecular weight excluding hydrogens is 321 g/mol. The molecule has 0 spiro atoms. The summed E-state index contributed by atoms with van der Waals surface area (Å²) in [6, 6.07) is 1.82. The summed E-state index contributed by atoms with van der Waals surface area (Å²) in [4.78, 5) is 8.76. The number of fused-ring (bicyclic) bond motifs is 1. The molecule has 0 saturated carbocycles. The van der Waals surface area contributed by atoms with E-state index in [1.807, 2.05) is 10.6 Å². The Kier molecular flexibility index (Phi) is 2.79. The molecule has 0 aromatic carbocycles. The van der Waals surface area contributed by atoms with Gasteiger partial charge in [-0.1, -0.05) is 11.6 Å². The van der Waals surface area contributed by atoms with Crippen molar-refractivity contribution in [3.8, 4) is 0 Å². The van der Waals surface area contributed by atoms with Crippen LogP contribution >= 0.6 is 34.2 Å². The second-order valence-corrected chi connectivity index (χ2v) is 5.90. The Morgan fingerprint density at radius 2 is 2.07 bits per heavy atom. The van der Waals surface area contributed by atoms with E-state index in [4.69, 9.17) is 11.6 Å². The monoisotopic (exact) mass is 329 g/mol. The first-order valence-electron chi connectivity index (χ1n) is 4.59. The molecule has 8 heteroatoms. The molecule has 0 N–H and O–H groups in total. The lowest BCUT2D eigenvalue weighted by atomic mass is 9.49. The van der Waals surface area contributed by atoms with Crippen molar-refractivity contribution in [3.05, 3.63) is 21.1 Å². The maximum Gasteiger partial charge on any atom is 0.161 e. The highest BCUT2D eigenvalue weighted by molar-refractivity contribution is 14.1. The lowest BCUT2D eigenvalue weighted by Crippen LogP contribution is -2.34. The quantitative estimate of drug-likeness (QED) is 0.388. The zero-order valence-electron chi connectivity index (χ0n) is 8.75. The van der Waals surface area contributed by atoms with Gasteiger partial charge in [-0.15, -0.1) is 0 Å². The van der Waals surface area contributed by atoms with E-state index in [-0.39, 0.29) is 5.24 Å². The maximum absolute atomic E-state index is 6.11. The topological polar surface area (TPSA) is 30.7 Å². The first-order valence-corrected chi connectivity index (χ1v) is 6.05. The first kappa shape index (κ1) is 11.3.